The van der Waals surface area contributed by atoms with E-state index in [-0.39, 0.29) is 6.61 Å². The molecule has 3 N–H and O–H groups in total. The number of esters is 1. The van der Waals surface area contributed by atoms with E-state index in [9.17, 15) is 4.79 Å². The fourth-order valence-electron chi connectivity index (χ4n) is 1.66. The Kier molecular flexibility index (Phi) is 4.30. The first-order valence-electron chi connectivity index (χ1n) is 6.10. The van der Waals surface area contributed by atoms with Crippen LogP contribution < -0.4 is 5.73 Å². The number of rotatable bonds is 5. The normalized spacial score (nSPS) is 12.1. The van der Waals surface area contributed by atoms with Crippen LogP contribution in [0.4, 0.5) is 0 Å². The van der Waals surface area contributed by atoms with Gasteiger partial charge in [0.25, 0.3) is 0 Å². The summed E-state index contributed by atoms with van der Waals surface area (Å²) in [5.41, 5.74) is 8.72. The molecule has 5 heteroatoms. The molecular weight excluding hydrogens is 242 g/mol. The number of imidazole rings is 1. The highest BCUT2D eigenvalue weighted by atomic mass is 16.5. The molecule has 5 nitrogen and oxygen atoms in total. The minimum absolute atomic E-state index is 0.246. The maximum absolute atomic E-state index is 11.7. The van der Waals surface area contributed by atoms with E-state index in [1.54, 1.807) is 12.5 Å². The second kappa shape index (κ2) is 6.15. The molecule has 0 amide bonds. The van der Waals surface area contributed by atoms with Crippen LogP contribution in [0.5, 0.6) is 0 Å². The van der Waals surface area contributed by atoms with E-state index in [1.165, 1.54) is 5.56 Å². The quantitative estimate of drug-likeness (QED) is 0.794. The van der Waals surface area contributed by atoms with Crippen molar-refractivity contribution in [2.24, 2.45) is 5.73 Å². The number of hydrogen-bond donors (Lipinski definition) is 2. The van der Waals surface area contributed by atoms with Crippen LogP contribution in [-0.2, 0) is 22.6 Å². The van der Waals surface area contributed by atoms with Gasteiger partial charge in [-0.05, 0) is 12.5 Å². The Bertz CT molecular complexity index is 520. The van der Waals surface area contributed by atoms with E-state index in [2.05, 4.69) is 9.97 Å². The Morgan fingerprint density at radius 2 is 2.16 bits per heavy atom. The van der Waals surface area contributed by atoms with Gasteiger partial charge in [0.2, 0.25) is 0 Å². The van der Waals surface area contributed by atoms with Crippen LogP contribution in [0.2, 0.25) is 0 Å². The molecule has 2 aromatic rings. The van der Waals surface area contributed by atoms with Gasteiger partial charge in [-0.1, -0.05) is 29.8 Å². The van der Waals surface area contributed by atoms with Gasteiger partial charge in [0.15, 0.2) is 0 Å². The molecule has 0 fully saturated rings. The number of aromatic amines is 1. The standard InChI is InChI=1S/C14H17N3O2/c1-10-2-4-11(5-3-10)8-19-14(18)13(15)6-12-7-16-9-17-12/h2-5,7,9,13H,6,8,15H2,1H3,(H,16,17)/t13-/m0/s1. The molecule has 1 aromatic heterocycles. The van der Waals surface area contributed by atoms with E-state index in [1.807, 2.05) is 31.2 Å². The molecule has 0 bridgehead atoms. The Hall–Kier alpha value is -2.14. The second-order valence-electron chi connectivity index (χ2n) is 4.48. The van der Waals surface area contributed by atoms with Gasteiger partial charge in [0, 0.05) is 18.3 Å². The first-order valence-corrected chi connectivity index (χ1v) is 6.10. The Balaban J connectivity index is 1.82. The summed E-state index contributed by atoms with van der Waals surface area (Å²) < 4.78 is 5.18. The number of H-pyrrole nitrogens is 1. The van der Waals surface area contributed by atoms with Crippen molar-refractivity contribution in [3.63, 3.8) is 0 Å². The van der Waals surface area contributed by atoms with Gasteiger partial charge >= 0.3 is 5.97 Å². The minimum atomic E-state index is -0.675. The van der Waals surface area contributed by atoms with Crippen LogP contribution in [0.15, 0.2) is 36.8 Å². The lowest BCUT2D eigenvalue weighted by Crippen LogP contribution is -2.34. The molecule has 0 saturated carbocycles. The monoisotopic (exact) mass is 259 g/mol. The van der Waals surface area contributed by atoms with E-state index in [4.69, 9.17) is 10.5 Å². The summed E-state index contributed by atoms with van der Waals surface area (Å²) >= 11 is 0. The zero-order valence-electron chi connectivity index (χ0n) is 10.8. The number of carbonyl (C=O) groups excluding carboxylic acids is 1. The minimum Gasteiger partial charge on any atom is -0.460 e. The summed E-state index contributed by atoms with van der Waals surface area (Å²) in [5, 5.41) is 0. The van der Waals surface area contributed by atoms with E-state index in [0.717, 1.165) is 11.3 Å². The number of nitrogens with two attached hydrogens (primary N) is 1. The first kappa shape index (κ1) is 13.3. The highest BCUT2D eigenvalue weighted by Gasteiger charge is 2.16. The molecule has 0 spiro atoms. The molecule has 100 valence electrons. The highest BCUT2D eigenvalue weighted by molar-refractivity contribution is 5.75. The van der Waals surface area contributed by atoms with Gasteiger partial charge in [-0.15, -0.1) is 0 Å². The summed E-state index contributed by atoms with van der Waals surface area (Å²) in [5.74, 6) is -0.407. The smallest absolute Gasteiger partial charge is 0.323 e. The largest absolute Gasteiger partial charge is 0.460 e. The average molecular weight is 259 g/mol. The molecule has 0 saturated heterocycles. The SMILES string of the molecule is Cc1ccc(COC(=O)[C@@H](N)Cc2cnc[nH]2)cc1. The number of hydrogen-bond acceptors (Lipinski definition) is 4. The maximum atomic E-state index is 11.7. The number of benzene rings is 1. The lowest BCUT2D eigenvalue weighted by Gasteiger charge is -2.10. The molecule has 1 aromatic carbocycles. The van der Waals surface area contributed by atoms with Gasteiger partial charge in [-0.25, -0.2) is 4.98 Å². The second-order valence-corrected chi connectivity index (χ2v) is 4.48. The summed E-state index contributed by atoms with van der Waals surface area (Å²) in [4.78, 5) is 18.5. The van der Waals surface area contributed by atoms with Crippen molar-refractivity contribution in [3.8, 4) is 0 Å². The van der Waals surface area contributed by atoms with Crippen LogP contribution in [0.1, 0.15) is 16.8 Å². The predicted octanol–water partition coefficient (Wildman–Crippen LogP) is 1.33. The van der Waals surface area contributed by atoms with Gasteiger partial charge < -0.3 is 15.5 Å². The number of nitrogens with zero attached hydrogens (tertiary/aromatic N) is 1. The highest BCUT2D eigenvalue weighted by Crippen LogP contribution is 2.06. The molecule has 19 heavy (non-hydrogen) atoms. The van der Waals surface area contributed by atoms with Crippen molar-refractivity contribution < 1.29 is 9.53 Å². The summed E-state index contributed by atoms with van der Waals surface area (Å²) in [6.45, 7) is 2.26. The van der Waals surface area contributed by atoms with Gasteiger partial charge in [0.1, 0.15) is 12.6 Å². The third-order valence-corrected chi connectivity index (χ3v) is 2.80. The molecule has 0 aliphatic rings. The van der Waals surface area contributed by atoms with Crippen LogP contribution in [0, 0.1) is 6.92 Å². The third-order valence-electron chi connectivity index (χ3n) is 2.80. The number of nitrogens with one attached hydrogen (secondary N) is 1. The molecule has 2 rings (SSSR count). The number of aromatic nitrogens is 2. The first-order chi connectivity index (χ1) is 9.15. The predicted molar refractivity (Wildman–Crippen MR) is 71.2 cm³/mol. The summed E-state index contributed by atoms with van der Waals surface area (Å²) in [6.07, 6.45) is 3.60. The van der Waals surface area contributed by atoms with Crippen molar-refractivity contribution in [1.29, 1.82) is 0 Å². The molecule has 0 aliphatic carbocycles. The van der Waals surface area contributed by atoms with Crippen LogP contribution in [0.25, 0.3) is 0 Å². The van der Waals surface area contributed by atoms with E-state index < -0.39 is 12.0 Å². The van der Waals surface area contributed by atoms with Crippen LogP contribution in [0.3, 0.4) is 0 Å². The molecule has 0 unspecified atom stereocenters. The number of carbonyl (C=O) groups is 1. The fourth-order valence-corrected chi connectivity index (χ4v) is 1.66. The van der Waals surface area contributed by atoms with Crippen LogP contribution in [-0.4, -0.2) is 22.0 Å². The van der Waals surface area contributed by atoms with Crippen molar-refractivity contribution in [1.82, 2.24) is 9.97 Å². The summed E-state index contributed by atoms with van der Waals surface area (Å²) in [7, 11) is 0. The van der Waals surface area contributed by atoms with Crippen molar-refractivity contribution >= 4 is 5.97 Å². The molecule has 1 atom stereocenters. The number of ether oxygens (including phenoxy) is 1. The molecule has 0 radical (unpaired) electrons. The lowest BCUT2D eigenvalue weighted by atomic mass is 10.1. The van der Waals surface area contributed by atoms with Gasteiger partial charge in [-0.3, -0.25) is 4.79 Å². The molecule has 1 heterocycles. The van der Waals surface area contributed by atoms with E-state index in [0.29, 0.717) is 6.42 Å². The summed E-state index contributed by atoms with van der Waals surface area (Å²) in [6, 6.07) is 7.15. The Morgan fingerprint density at radius 3 is 2.79 bits per heavy atom. The van der Waals surface area contributed by atoms with Crippen LogP contribution >= 0.6 is 0 Å². The number of aryl methyl sites for hydroxylation is 1. The van der Waals surface area contributed by atoms with Gasteiger partial charge in [-0.2, -0.15) is 0 Å². The fraction of sp³-hybridized carbons (Fsp3) is 0.286. The topological polar surface area (TPSA) is 81.0 Å². The third kappa shape index (κ3) is 3.93. The van der Waals surface area contributed by atoms with Crippen molar-refractivity contribution in [2.75, 3.05) is 0 Å². The molecular formula is C14H17N3O2. The van der Waals surface area contributed by atoms with Crippen molar-refractivity contribution in [2.45, 2.75) is 26.0 Å². The average Bonchev–Trinajstić information content (AvgIpc) is 2.90. The zero-order valence-corrected chi connectivity index (χ0v) is 10.8. The molecule has 0 aliphatic heterocycles. The lowest BCUT2D eigenvalue weighted by molar-refractivity contribution is -0.146. The Morgan fingerprint density at radius 1 is 1.42 bits per heavy atom. The van der Waals surface area contributed by atoms with Crippen molar-refractivity contribution in [3.05, 3.63) is 53.6 Å². The Labute approximate surface area is 111 Å². The van der Waals surface area contributed by atoms with Gasteiger partial charge in [0.05, 0.1) is 6.33 Å². The maximum Gasteiger partial charge on any atom is 0.323 e. The van der Waals surface area contributed by atoms with E-state index >= 15 is 0 Å². The zero-order chi connectivity index (χ0) is 13.7.